The summed E-state index contributed by atoms with van der Waals surface area (Å²) in [6, 6.07) is 0. The monoisotopic (exact) mass is 220 g/mol. The van der Waals surface area contributed by atoms with Crippen LogP contribution < -0.4 is 11.3 Å². The third-order valence-corrected chi connectivity index (χ3v) is 3.11. The summed E-state index contributed by atoms with van der Waals surface area (Å²) in [5.74, 6) is 3.12. The molecule has 0 bridgehead atoms. The number of thiocarbonyl (C=S) groups is 1. The molecular formula is C8H18N3O2S+. The summed E-state index contributed by atoms with van der Waals surface area (Å²) >= 11 is 5.09. The van der Waals surface area contributed by atoms with Gasteiger partial charge in [-0.1, -0.05) is 0 Å². The Bertz CT molecular complexity index is 199. The van der Waals surface area contributed by atoms with E-state index >= 15 is 0 Å². The number of nitrogens with one attached hydrogen (secondary N) is 1. The topological polar surface area (TPSA) is 61.4 Å². The van der Waals surface area contributed by atoms with E-state index in [9.17, 15) is 0 Å². The number of methoxy groups -OCH3 is 2. The van der Waals surface area contributed by atoms with Crippen LogP contribution in [0.3, 0.4) is 0 Å². The molecule has 1 aliphatic heterocycles. The number of quaternary nitrogens is 1. The lowest BCUT2D eigenvalue weighted by Gasteiger charge is -2.39. The molecule has 0 radical (unpaired) electrons. The molecule has 82 valence electrons. The van der Waals surface area contributed by atoms with E-state index in [2.05, 4.69) is 16.2 Å². The van der Waals surface area contributed by atoms with Gasteiger partial charge in [0.05, 0.1) is 0 Å². The van der Waals surface area contributed by atoms with Crippen molar-refractivity contribution in [2.75, 3.05) is 27.3 Å². The smallest absolute Gasteiger partial charge is 0.215 e. The molecule has 5 nitrogen and oxygen atoms in total. The summed E-state index contributed by atoms with van der Waals surface area (Å²) in [5, 5.41) is 0.686. The second-order valence-corrected chi connectivity index (χ2v) is 3.67. The van der Waals surface area contributed by atoms with E-state index in [1.54, 1.807) is 14.2 Å². The van der Waals surface area contributed by atoms with Crippen molar-refractivity contribution >= 4 is 17.3 Å². The third kappa shape index (κ3) is 2.33. The standard InChI is InChI=1S/C8H17N3O2S/c1-12-8(13-2)3-5-11(6-4-8)7(14)10-9/h3-6,9H2,1-2H3,(H,10,14)/p+1. The zero-order chi connectivity index (χ0) is 10.6. The number of hydrogen-bond acceptors (Lipinski definition) is 3. The van der Waals surface area contributed by atoms with Crippen molar-refractivity contribution in [3.63, 3.8) is 0 Å². The highest BCUT2D eigenvalue weighted by molar-refractivity contribution is 7.80. The van der Waals surface area contributed by atoms with E-state index in [1.165, 1.54) is 0 Å². The predicted molar refractivity (Wildman–Crippen MR) is 56.2 cm³/mol. The summed E-state index contributed by atoms with van der Waals surface area (Å²) in [4.78, 5) is 2.07. The average Bonchev–Trinajstić information content (AvgIpc) is 2.28. The highest BCUT2D eigenvalue weighted by Crippen LogP contribution is 2.26. The molecule has 6 heteroatoms. The Morgan fingerprint density at radius 2 is 1.86 bits per heavy atom. The highest BCUT2D eigenvalue weighted by Gasteiger charge is 2.35. The van der Waals surface area contributed by atoms with Gasteiger partial charge >= 0.3 is 0 Å². The first-order valence-electron chi connectivity index (χ1n) is 4.60. The van der Waals surface area contributed by atoms with E-state index in [-0.39, 0.29) is 0 Å². The van der Waals surface area contributed by atoms with Gasteiger partial charge in [0.25, 0.3) is 0 Å². The van der Waals surface area contributed by atoms with Gasteiger partial charge in [-0.15, -0.1) is 0 Å². The summed E-state index contributed by atoms with van der Waals surface area (Å²) in [6.07, 6.45) is 1.64. The average molecular weight is 220 g/mol. The number of rotatable bonds is 2. The molecule has 0 spiro atoms. The van der Waals surface area contributed by atoms with E-state index in [0.717, 1.165) is 25.9 Å². The van der Waals surface area contributed by atoms with Gasteiger partial charge in [-0.05, 0) is 12.2 Å². The van der Waals surface area contributed by atoms with E-state index in [0.29, 0.717) is 5.11 Å². The predicted octanol–water partition coefficient (Wildman–Crippen LogP) is -0.897. The molecule has 1 fully saturated rings. The lowest BCUT2D eigenvalue weighted by atomic mass is 10.0. The molecule has 0 aromatic heterocycles. The lowest BCUT2D eigenvalue weighted by Crippen LogP contribution is -2.70. The second kappa shape index (κ2) is 4.88. The molecular weight excluding hydrogens is 202 g/mol. The van der Waals surface area contributed by atoms with Crippen LogP contribution in [0, 0.1) is 0 Å². The second-order valence-electron chi connectivity index (χ2n) is 3.29. The Morgan fingerprint density at radius 1 is 1.36 bits per heavy atom. The van der Waals surface area contributed by atoms with Crippen LogP contribution in [0.1, 0.15) is 12.8 Å². The minimum atomic E-state index is -0.423. The van der Waals surface area contributed by atoms with Crippen molar-refractivity contribution in [1.29, 1.82) is 0 Å². The Balaban J connectivity index is 2.48. The van der Waals surface area contributed by atoms with E-state index in [1.807, 2.05) is 0 Å². The molecule has 0 amide bonds. The van der Waals surface area contributed by atoms with Crippen LogP contribution in [0.15, 0.2) is 0 Å². The molecule has 0 aromatic carbocycles. The van der Waals surface area contributed by atoms with Gasteiger partial charge in [0.2, 0.25) is 5.11 Å². The molecule has 0 saturated carbocycles. The summed E-state index contributed by atoms with van der Waals surface area (Å²) in [6.45, 7) is 1.67. The van der Waals surface area contributed by atoms with E-state index < -0.39 is 5.79 Å². The highest BCUT2D eigenvalue weighted by atomic mass is 32.1. The fourth-order valence-electron chi connectivity index (χ4n) is 1.65. The maximum Gasteiger partial charge on any atom is 0.215 e. The number of likely N-dealkylation sites (tertiary alicyclic amines) is 1. The van der Waals surface area contributed by atoms with Gasteiger partial charge in [-0.3, -0.25) is 5.84 Å². The molecule has 0 unspecified atom stereocenters. The maximum atomic E-state index is 5.36. The molecule has 1 aliphatic rings. The fraction of sp³-hybridized carbons (Fsp3) is 0.875. The molecule has 1 heterocycles. The first-order chi connectivity index (χ1) is 6.67. The lowest BCUT2D eigenvalue weighted by molar-refractivity contribution is -0.420. The van der Waals surface area contributed by atoms with Gasteiger partial charge in [-0.2, -0.15) is 0 Å². The van der Waals surface area contributed by atoms with E-state index in [4.69, 9.17) is 21.7 Å². The summed E-state index contributed by atoms with van der Waals surface area (Å²) in [5.41, 5.74) is 2.72. The molecule has 4 N–H and O–H groups in total. The summed E-state index contributed by atoms with van der Waals surface area (Å²) < 4.78 is 10.7. The van der Waals surface area contributed by atoms with Gasteiger partial charge in [0.15, 0.2) is 5.79 Å². The van der Waals surface area contributed by atoms with Crippen molar-refractivity contribution in [3.8, 4) is 0 Å². The largest absolute Gasteiger partial charge is 0.353 e. The van der Waals surface area contributed by atoms with Crippen LogP contribution in [-0.2, 0) is 9.47 Å². The Morgan fingerprint density at radius 3 is 2.21 bits per heavy atom. The Kier molecular flexibility index (Phi) is 4.06. The van der Waals surface area contributed by atoms with Crippen LogP contribution in [-0.4, -0.2) is 43.1 Å². The van der Waals surface area contributed by atoms with Crippen LogP contribution in [0.4, 0.5) is 0 Å². The van der Waals surface area contributed by atoms with Crippen molar-refractivity contribution in [1.82, 2.24) is 10.3 Å². The van der Waals surface area contributed by atoms with Crippen LogP contribution in [0.25, 0.3) is 0 Å². The quantitative estimate of drug-likeness (QED) is 0.359. The van der Waals surface area contributed by atoms with Crippen molar-refractivity contribution in [3.05, 3.63) is 0 Å². The molecule has 1 saturated heterocycles. The van der Waals surface area contributed by atoms with Crippen molar-refractivity contribution in [2.45, 2.75) is 18.6 Å². The Labute approximate surface area is 89.5 Å². The third-order valence-electron chi connectivity index (χ3n) is 2.71. The minimum Gasteiger partial charge on any atom is -0.353 e. The van der Waals surface area contributed by atoms with Crippen LogP contribution in [0.5, 0.6) is 0 Å². The maximum absolute atomic E-state index is 5.36. The van der Waals surface area contributed by atoms with Gasteiger partial charge in [0, 0.05) is 40.2 Å². The van der Waals surface area contributed by atoms with Gasteiger partial charge in [-0.25, -0.2) is 5.43 Å². The molecule has 0 atom stereocenters. The number of piperidine rings is 1. The molecule has 1 rings (SSSR count). The molecule has 14 heavy (non-hydrogen) atoms. The fourth-order valence-corrected chi connectivity index (χ4v) is 1.84. The minimum absolute atomic E-state index is 0.423. The van der Waals surface area contributed by atoms with Crippen molar-refractivity contribution < 1.29 is 15.3 Å². The van der Waals surface area contributed by atoms with Gasteiger partial charge in [0.1, 0.15) is 0 Å². The zero-order valence-corrected chi connectivity index (χ0v) is 9.52. The number of hydrogen-bond donors (Lipinski definition) is 2. The zero-order valence-electron chi connectivity index (χ0n) is 8.71. The first kappa shape index (κ1) is 11.6. The van der Waals surface area contributed by atoms with Crippen LogP contribution >= 0.6 is 12.2 Å². The summed E-state index contributed by atoms with van der Waals surface area (Å²) in [7, 11) is 3.36. The van der Waals surface area contributed by atoms with Crippen LogP contribution in [0.2, 0.25) is 0 Å². The number of ether oxygens (including phenoxy) is 2. The van der Waals surface area contributed by atoms with Crippen molar-refractivity contribution in [2.24, 2.45) is 0 Å². The molecule has 0 aliphatic carbocycles. The number of nitrogens with zero attached hydrogens (tertiary/aromatic N) is 1. The first-order valence-corrected chi connectivity index (χ1v) is 5.00. The van der Waals surface area contributed by atoms with Gasteiger partial charge < -0.3 is 14.4 Å². The SMILES string of the molecule is COC1(OC)CCN(C(=S)N[NH3+])CC1. The molecule has 0 aromatic rings. The normalized spacial score (nSPS) is 20.6. The Hall–Kier alpha value is -0.430.